The summed E-state index contributed by atoms with van der Waals surface area (Å²) >= 11 is 0. The van der Waals surface area contributed by atoms with E-state index in [0.29, 0.717) is 12.8 Å². The van der Waals surface area contributed by atoms with E-state index >= 15 is 0 Å². The Bertz CT molecular complexity index is 285. The molecule has 2 aliphatic heterocycles. The zero-order valence-electron chi connectivity index (χ0n) is 9.26. The van der Waals surface area contributed by atoms with Crippen LogP contribution in [0.25, 0.3) is 0 Å². The fraction of sp³-hybridized carbons (Fsp3) is 0.833. The van der Waals surface area contributed by atoms with Gasteiger partial charge in [0.1, 0.15) is 11.7 Å². The summed E-state index contributed by atoms with van der Waals surface area (Å²) in [6, 6.07) is 0. The van der Waals surface area contributed by atoms with Crippen LogP contribution in [0, 0.1) is 12.3 Å². The van der Waals surface area contributed by atoms with E-state index in [1.165, 1.54) is 0 Å². The molecule has 0 aromatic heterocycles. The van der Waals surface area contributed by atoms with Crippen molar-refractivity contribution in [3.8, 4) is 12.3 Å². The standard InChI is InChI=1S/C12H18O4/c1-2-9-7-12(8-14)11(15-9)4-3-10(16-12)5-6-13/h1,9-11,13-14H,3-8H2/t9-,10+,11-,12+/m0/s1. The first-order valence-corrected chi connectivity index (χ1v) is 5.75. The Morgan fingerprint density at radius 2 is 2.19 bits per heavy atom. The molecular weight excluding hydrogens is 208 g/mol. The Morgan fingerprint density at radius 3 is 2.81 bits per heavy atom. The normalized spacial score (nSPS) is 42.7. The van der Waals surface area contributed by atoms with Crippen molar-refractivity contribution >= 4 is 0 Å². The molecule has 0 saturated carbocycles. The van der Waals surface area contributed by atoms with Gasteiger partial charge in [-0.05, 0) is 19.3 Å². The van der Waals surface area contributed by atoms with Crippen molar-refractivity contribution < 1.29 is 19.7 Å². The second-order valence-corrected chi connectivity index (χ2v) is 4.54. The van der Waals surface area contributed by atoms with Gasteiger partial charge in [-0.1, -0.05) is 5.92 Å². The molecule has 0 aromatic carbocycles. The lowest BCUT2D eigenvalue weighted by molar-refractivity contribution is -0.184. The number of ether oxygens (including phenoxy) is 2. The molecule has 2 saturated heterocycles. The molecule has 2 heterocycles. The van der Waals surface area contributed by atoms with Crippen LogP contribution in [0.1, 0.15) is 25.7 Å². The fourth-order valence-corrected chi connectivity index (χ4v) is 2.65. The summed E-state index contributed by atoms with van der Waals surface area (Å²) in [7, 11) is 0. The highest BCUT2D eigenvalue weighted by Crippen LogP contribution is 2.41. The maximum atomic E-state index is 9.52. The molecule has 0 radical (unpaired) electrons. The Balaban J connectivity index is 2.08. The molecule has 2 rings (SSSR count). The highest BCUT2D eigenvalue weighted by molar-refractivity contribution is 5.09. The zero-order chi connectivity index (χ0) is 11.6. The molecule has 0 amide bonds. The summed E-state index contributed by atoms with van der Waals surface area (Å²) in [5, 5.41) is 18.4. The van der Waals surface area contributed by atoms with E-state index in [-0.39, 0.29) is 31.5 Å². The van der Waals surface area contributed by atoms with Crippen LogP contribution in [0.3, 0.4) is 0 Å². The highest BCUT2D eigenvalue weighted by Gasteiger charge is 2.52. The Morgan fingerprint density at radius 1 is 1.38 bits per heavy atom. The van der Waals surface area contributed by atoms with Crippen molar-refractivity contribution in [1.82, 2.24) is 0 Å². The Kier molecular flexibility index (Phi) is 3.50. The van der Waals surface area contributed by atoms with Crippen LogP contribution in [0.5, 0.6) is 0 Å². The van der Waals surface area contributed by atoms with Crippen molar-refractivity contribution in [2.45, 2.75) is 49.6 Å². The van der Waals surface area contributed by atoms with Crippen molar-refractivity contribution in [2.75, 3.05) is 13.2 Å². The molecule has 0 bridgehead atoms. The molecule has 0 aliphatic carbocycles. The van der Waals surface area contributed by atoms with E-state index in [1.54, 1.807) is 0 Å². The highest BCUT2D eigenvalue weighted by atomic mass is 16.6. The van der Waals surface area contributed by atoms with E-state index in [4.69, 9.17) is 21.0 Å². The molecule has 4 heteroatoms. The zero-order valence-corrected chi connectivity index (χ0v) is 9.26. The van der Waals surface area contributed by atoms with E-state index in [2.05, 4.69) is 5.92 Å². The molecule has 4 nitrogen and oxygen atoms in total. The van der Waals surface area contributed by atoms with E-state index < -0.39 is 5.60 Å². The van der Waals surface area contributed by atoms with Crippen molar-refractivity contribution in [2.24, 2.45) is 0 Å². The number of rotatable bonds is 3. The number of aliphatic hydroxyl groups excluding tert-OH is 2. The molecule has 2 aliphatic rings. The average molecular weight is 226 g/mol. The number of fused-ring (bicyclic) bond motifs is 1. The third-order valence-electron chi connectivity index (χ3n) is 3.50. The van der Waals surface area contributed by atoms with Gasteiger partial charge in [0.25, 0.3) is 0 Å². The number of aliphatic hydroxyl groups is 2. The smallest absolute Gasteiger partial charge is 0.121 e. The summed E-state index contributed by atoms with van der Waals surface area (Å²) < 4.78 is 11.5. The van der Waals surface area contributed by atoms with Gasteiger partial charge in [-0.15, -0.1) is 6.42 Å². The van der Waals surface area contributed by atoms with Gasteiger partial charge in [-0.25, -0.2) is 0 Å². The van der Waals surface area contributed by atoms with Gasteiger partial charge in [0, 0.05) is 13.0 Å². The van der Waals surface area contributed by atoms with Crippen LogP contribution in [-0.2, 0) is 9.47 Å². The lowest BCUT2D eigenvalue weighted by Crippen LogP contribution is -2.51. The van der Waals surface area contributed by atoms with Crippen molar-refractivity contribution in [3.63, 3.8) is 0 Å². The molecule has 16 heavy (non-hydrogen) atoms. The largest absolute Gasteiger partial charge is 0.396 e. The van der Waals surface area contributed by atoms with Gasteiger partial charge in [0.05, 0.1) is 18.8 Å². The van der Waals surface area contributed by atoms with E-state index in [1.807, 2.05) is 0 Å². The monoisotopic (exact) mass is 226 g/mol. The lowest BCUT2D eigenvalue weighted by atomic mass is 9.87. The second-order valence-electron chi connectivity index (χ2n) is 4.54. The van der Waals surface area contributed by atoms with Crippen molar-refractivity contribution in [3.05, 3.63) is 0 Å². The summed E-state index contributed by atoms with van der Waals surface area (Å²) in [6.07, 6.45) is 7.83. The third kappa shape index (κ3) is 1.96. The van der Waals surface area contributed by atoms with Crippen LogP contribution < -0.4 is 0 Å². The molecular formula is C12H18O4. The molecule has 0 aromatic rings. The first kappa shape index (κ1) is 11.9. The van der Waals surface area contributed by atoms with Crippen molar-refractivity contribution in [1.29, 1.82) is 0 Å². The lowest BCUT2D eigenvalue weighted by Gasteiger charge is -2.40. The number of terminal acetylenes is 1. The molecule has 2 fully saturated rings. The molecule has 4 atom stereocenters. The fourth-order valence-electron chi connectivity index (χ4n) is 2.65. The van der Waals surface area contributed by atoms with Crippen LogP contribution in [0.2, 0.25) is 0 Å². The molecule has 2 N–H and O–H groups in total. The molecule has 90 valence electrons. The Labute approximate surface area is 95.6 Å². The topological polar surface area (TPSA) is 58.9 Å². The van der Waals surface area contributed by atoms with Gasteiger partial charge in [-0.2, -0.15) is 0 Å². The van der Waals surface area contributed by atoms with Gasteiger partial charge in [0.15, 0.2) is 0 Å². The summed E-state index contributed by atoms with van der Waals surface area (Å²) in [5.74, 6) is 2.56. The van der Waals surface area contributed by atoms with Gasteiger partial charge in [0.2, 0.25) is 0 Å². The van der Waals surface area contributed by atoms with Crippen LogP contribution in [-0.4, -0.2) is 47.3 Å². The SMILES string of the molecule is C#C[C@H]1C[C@]2(CO)O[C@@H](CCO)CC[C@@H]2O1. The minimum absolute atomic E-state index is 0.00789. The first-order valence-electron chi connectivity index (χ1n) is 5.75. The van der Waals surface area contributed by atoms with Gasteiger partial charge in [-0.3, -0.25) is 0 Å². The third-order valence-corrected chi connectivity index (χ3v) is 3.50. The van der Waals surface area contributed by atoms with Crippen LogP contribution in [0.4, 0.5) is 0 Å². The molecule has 0 spiro atoms. The Hall–Kier alpha value is -0.600. The van der Waals surface area contributed by atoms with E-state index in [9.17, 15) is 5.11 Å². The second kappa shape index (κ2) is 4.72. The number of hydrogen-bond donors (Lipinski definition) is 2. The predicted molar refractivity (Wildman–Crippen MR) is 57.7 cm³/mol. The first-order chi connectivity index (χ1) is 7.74. The van der Waals surface area contributed by atoms with Crippen LogP contribution >= 0.6 is 0 Å². The van der Waals surface area contributed by atoms with Crippen LogP contribution in [0.15, 0.2) is 0 Å². The average Bonchev–Trinajstić information content (AvgIpc) is 2.68. The maximum Gasteiger partial charge on any atom is 0.121 e. The quantitative estimate of drug-likeness (QED) is 0.669. The van der Waals surface area contributed by atoms with Gasteiger partial charge < -0.3 is 19.7 Å². The number of hydrogen-bond acceptors (Lipinski definition) is 4. The summed E-state index contributed by atoms with van der Waals surface area (Å²) in [6.45, 7) is 0.0358. The minimum atomic E-state index is -0.644. The minimum Gasteiger partial charge on any atom is -0.396 e. The summed E-state index contributed by atoms with van der Waals surface area (Å²) in [5.41, 5.74) is -0.644. The maximum absolute atomic E-state index is 9.52. The van der Waals surface area contributed by atoms with E-state index in [0.717, 1.165) is 12.8 Å². The molecule has 0 unspecified atom stereocenters. The predicted octanol–water partition coefficient (Wildman–Crippen LogP) is 0.0696. The van der Waals surface area contributed by atoms with Gasteiger partial charge >= 0.3 is 0 Å². The summed E-state index contributed by atoms with van der Waals surface area (Å²) in [4.78, 5) is 0.